The van der Waals surface area contributed by atoms with Gasteiger partial charge in [-0.15, -0.1) is 0 Å². The second kappa shape index (κ2) is 10.3. The molecule has 5 rings (SSSR count). The Bertz CT molecular complexity index is 1350. The number of nitrogens with zero attached hydrogens (tertiary/aromatic N) is 2. The predicted octanol–water partition coefficient (Wildman–Crippen LogP) is 4.50. The van der Waals surface area contributed by atoms with Gasteiger partial charge in [-0.05, 0) is 74.0 Å². The summed E-state index contributed by atoms with van der Waals surface area (Å²) < 4.78 is 4.83. The van der Waals surface area contributed by atoms with E-state index in [0.29, 0.717) is 23.7 Å². The van der Waals surface area contributed by atoms with Crippen molar-refractivity contribution >= 4 is 33.6 Å². The molecule has 0 aliphatic carbocycles. The Morgan fingerprint density at radius 2 is 1.94 bits per heavy atom. The third-order valence-electron chi connectivity index (χ3n) is 6.99. The predicted molar refractivity (Wildman–Crippen MR) is 137 cm³/mol. The molecular weight excluding hydrogens is 440 g/mol. The molecule has 3 heterocycles. The minimum absolute atomic E-state index is 0.116. The van der Waals surface area contributed by atoms with Crippen molar-refractivity contribution in [2.75, 3.05) is 33.3 Å². The van der Waals surface area contributed by atoms with Crippen molar-refractivity contribution in [1.82, 2.24) is 20.2 Å². The number of pyridine rings is 1. The van der Waals surface area contributed by atoms with Crippen LogP contribution in [-0.2, 0) is 4.74 Å². The van der Waals surface area contributed by atoms with E-state index in [1.165, 1.54) is 18.1 Å². The van der Waals surface area contributed by atoms with Crippen LogP contribution in [0, 0.1) is 0 Å². The van der Waals surface area contributed by atoms with E-state index >= 15 is 0 Å². The molecule has 1 fully saturated rings. The van der Waals surface area contributed by atoms with Gasteiger partial charge < -0.3 is 19.9 Å². The number of aromatic amines is 1. The van der Waals surface area contributed by atoms with Gasteiger partial charge in [0.15, 0.2) is 0 Å². The number of ether oxygens (including phenoxy) is 1. The van der Waals surface area contributed by atoms with E-state index in [1.54, 1.807) is 6.20 Å². The lowest BCUT2D eigenvalue weighted by molar-refractivity contribution is 0.0600. The van der Waals surface area contributed by atoms with E-state index < -0.39 is 0 Å². The zero-order chi connectivity index (χ0) is 24.2. The summed E-state index contributed by atoms with van der Waals surface area (Å²) in [6.45, 7) is 3.67. The summed E-state index contributed by atoms with van der Waals surface area (Å²) in [6, 6.07) is 15.5. The molecule has 0 radical (unpaired) electrons. The van der Waals surface area contributed by atoms with Gasteiger partial charge in [0.05, 0.1) is 12.7 Å². The molecule has 0 bridgehead atoms. The van der Waals surface area contributed by atoms with Gasteiger partial charge in [0.2, 0.25) is 0 Å². The second-order valence-electron chi connectivity index (χ2n) is 9.10. The SMILES string of the molecule is COC(=O)c1ccc2c(C3CCN(CCCNC(=O)c4nccc5ccccc45)CC3)c[nH]c2c1. The topological polar surface area (TPSA) is 87.3 Å². The summed E-state index contributed by atoms with van der Waals surface area (Å²) in [5.41, 5.74) is 3.35. The molecule has 7 heteroatoms. The Morgan fingerprint density at radius 3 is 2.77 bits per heavy atom. The molecule has 1 saturated heterocycles. The van der Waals surface area contributed by atoms with E-state index in [4.69, 9.17) is 4.74 Å². The van der Waals surface area contributed by atoms with Crippen LogP contribution in [0.2, 0.25) is 0 Å². The van der Waals surface area contributed by atoms with Crippen LogP contribution in [0.25, 0.3) is 21.7 Å². The number of carbonyl (C=O) groups excluding carboxylic acids is 2. The number of benzene rings is 2. The number of hydrogen-bond acceptors (Lipinski definition) is 5. The molecular formula is C28H30N4O3. The summed E-state index contributed by atoms with van der Waals surface area (Å²) in [5.74, 6) is 0.0669. The molecule has 0 saturated carbocycles. The Kier molecular flexibility index (Phi) is 6.77. The average molecular weight is 471 g/mol. The van der Waals surface area contributed by atoms with Crippen molar-refractivity contribution in [2.24, 2.45) is 0 Å². The standard InChI is InChI=1S/C28H30N4O3/c1-35-28(34)21-7-8-23-24(18-31-25(23)17-21)20-10-15-32(16-11-20)14-4-12-30-27(33)26-22-6-3-2-5-19(22)9-13-29-26/h2-3,5-9,13,17-18,20,31H,4,10-12,14-16H2,1H3,(H,30,33). The van der Waals surface area contributed by atoms with Gasteiger partial charge in [0.1, 0.15) is 5.69 Å². The number of rotatable bonds is 7. The minimum Gasteiger partial charge on any atom is -0.465 e. The molecule has 2 aromatic heterocycles. The van der Waals surface area contributed by atoms with E-state index in [9.17, 15) is 9.59 Å². The maximum Gasteiger partial charge on any atom is 0.337 e. The highest BCUT2D eigenvalue weighted by Crippen LogP contribution is 2.33. The van der Waals surface area contributed by atoms with Crippen molar-refractivity contribution < 1.29 is 14.3 Å². The van der Waals surface area contributed by atoms with Crippen molar-refractivity contribution in [1.29, 1.82) is 0 Å². The van der Waals surface area contributed by atoms with Crippen LogP contribution in [0.5, 0.6) is 0 Å². The van der Waals surface area contributed by atoms with Crippen LogP contribution >= 0.6 is 0 Å². The first kappa shape index (κ1) is 23.1. The van der Waals surface area contributed by atoms with Crippen molar-refractivity contribution in [2.45, 2.75) is 25.2 Å². The third kappa shape index (κ3) is 4.91. The van der Waals surface area contributed by atoms with Crippen LogP contribution in [0.15, 0.2) is 60.9 Å². The summed E-state index contributed by atoms with van der Waals surface area (Å²) in [6.07, 6.45) is 6.87. The Hall–Kier alpha value is -3.71. The number of methoxy groups -OCH3 is 1. The monoisotopic (exact) mass is 470 g/mol. The van der Waals surface area contributed by atoms with E-state index in [1.807, 2.05) is 48.5 Å². The maximum atomic E-state index is 12.7. The van der Waals surface area contributed by atoms with Gasteiger partial charge in [-0.25, -0.2) is 4.79 Å². The Labute approximate surface area is 204 Å². The molecule has 35 heavy (non-hydrogen) atoms. The molecule has 2 N–H and O–H groups in total. The molecule has 7 nitrogen and oxygen atoms in total. The van der Waals surface area contributed by atoms with E-state index in [-0.39, 0.29) is 11.9 Å². The van der Waals surface area contributed by atoms with Gasteiger partial charge >= 0.3 is 5.97 Å². The van der Waals surface area contributed by atoms with Crippen molar-refractivity contribution in [3.8, 4) is 0 Å². The molecule has 1 aliphatic heterocycles. The lowest BCUT2D eigenvalue weighted by Crippen LogP contribution is -2.35. The molecule has 0 spiro atoms. The van der Waals surface area contributed by atoms with Crippen molar-refractivity contribution in [3.63, 3.8) is 0 Å². The van der Waals surface area contributed by atoms with Gasteiger partial charge in [-0.2, -0.15) is 0 Å². The first-order valence-electron chi connectivity index (χ1n) is 12.2. The molecule has 1 aliphatic rings. The Balaban J connectivity index is 1.10. The molecule has 4 aromatic rings. The van der Waals surface area contributed by atoms with E-state index in [0.717, 1.165) is 55.2 Å². The summed E-state index contributed by atoms with van der Waals surface area (Å²) in [5, 5.41) is 6.12. The number of hydrogen-bond donors (Lipinski definition) is 2. The number of aromatic nitrogens is 2. The minimum atomic E-state index is -0.319. The van der Waals surface area contributed by atoms with Crippen LogP contribution in [-0.4, -0.2) is 60.0 Å². The number of carbonyl (C=O) groups is 2. The number of fused-ring (bicyclic) bond motifs is 2. The third-order valence-corrected chi connectivity index (χ3v) is 6.99. The summed E-state index contributed by atoms with van der Waals surface area (Å²) in [7, 11) is 1.40. The highest BCUT2D eigenvalue weighted by atomic mass is 16.5. The van der Waals surface area contributed by atoms with Crippen LogP contribution in [0.3, 0.4) is 0 Å². The summed E-state index contributed by atoms with van der Waals surface area (Å²) in [4.78, 5) is 34.6. The fourth-order valence-electron chi connectivity index (χ4n) is 5.09. The number of esters is 1. The number of nitrogens with one attached hydrogen (secondary N) is 2. The molecule has 0 unspecified atom stereocenters. The lowest BCUT2D eigenvalue weighted by Gasteiger charge is -2.32. The zero-order valence-corrected chi connectivity index (χ0v) is 19.9. The number of amides is 1. The van der Waals surface area contributed by atoms with Gasteiger partial charge in [0.25, 0.3) is 5.91 Å². The molecule has 1 amide bonds. The Morgan fingerprint density at radius 1 is 1.11 bits per heavy atom. The second-order valence-corrected chi connectivity index (χ2v) is 9.10. The maximum absolute atomic E-state index is 12.7. The highest BCUT2D eigenvalue weighted by Gasteiger charge is 2.23. The first-order valence-corrected chi connectivity index (χ1v) is 12.2. The fourth-order valence-corrected chi connectivity index (χ4v) is 5.09. The quantitative estimate of drug-likeness (QED) is 0.307. The smallest absolute Gasteiger partial charge is 0.337 e. The molecule has 2 aromatic carbocycles. The normalized spacial score (nSPS) is 14.9. The van der Waals surface area contributed by atoms with Crippen LogP contribution < -0.4 is 5.32 Å². The average Bonchev–Trinajstić information content (AvgIpc) is 3.34. The molecule has 180 valence electrons. The highest BCUT2D eigenvalue weighted by molar-refractivity contribution is 6.05. The molecule has 0 atom stereocenters. The number of H-pyrrole nitrogens is 1. The number of likely N-dealkylation sites (tertiary alicyclic amines) is 1. The van der Waals surface area contributed by atoms with Gasteiger partial charge in [-0.3, -0.25) is 9.78 Å². The van der Waals surface area contributed by atoms with E-state index in [2.05, 4.69) is 26.4 Å². The lowest BCUT2D eigenvalue weighted by atomic mass is 9.89. The van der Waals surface area contributed by atoms with Gasteiger partial charge in [0, 0.05) is 35.2 Å². The van der Waals surface area contributed by atoms with Crippen LogP contribution in [0.4, 0.5) is 0 Å². The zero-order valence-electron chi connectivity index (χ0n) is 19.9. The van der Waals surface area contributed by atoms with Crippen molar-refractivity contribution in [3.05, 3.63) is 77.7 Å². The largest absolute Gasteiger partial charge is 0.465 e. The number of piperidine rings is 1. The van der Waals surface area contributed by atoms with Crippen LogP contribution in [0.1, 0.15) is 51.6 Å². The fraction of sp³-hybridized carbons (Fsp3) is 0.321. The first-order chi connectivity index (χ1) is 17.1. The summed E-state index contributed by atoms with van der Waals surface area (Å²) >= 11 is 0. The van der Waals surface area contributed by atoms with Gasteiger partial charge in [-0.1, -0.05) is 30.3 Å².